The van der Waals surface area contributed by atoms with E-state index >= 15 is 0 Å². The Labute approximate surface area is 202 Å². The quantitative estimate of drug-likeness (QED) is 0.458. The molecule has 0 unspecified atom stereocenters. The summed E-state index contributed by atoms with van der Waals surface area (Å²) in [6.07, 6.45) is 3.17. The van der Waals surface area contributed by atoms with Gasteiger partial charge in [0.05, 0.1) is 7.11 Å². The number of hydrogen-bond acceptors (Lipinski definition) is 7. The molecule has 35 heavy (non-hydrogen) atoms. The fraction of sp³-hybridized carbons (Fsp3) is 0.280. The third-order valence-corrected chi connectivity index (χ3v) is 6.17. The maximum atomic E-state index is 12.9. The summed E-state index contributed by atoms with van der Waals surface area (Å²) in [5, 5.41) is 7.24. The molecule has 1 saturated heterocycles. The number of rotatable bonds is 6. The molecular formula is C25H27N7O3. The van der Waals surface area contributed by atoms with Crippen LogP contribution in [0.5, 0.6) is 5.75 Å². The first-order valence-corrected chi connectivity index (χ1v) is 11.5. The van der Waals surface area contributed by atoms with Gasteiger partial charge >= 0.3 is 5.69 Å². The summed E-state index contributed by atoms with van der Waals surface area (Å²) in [6, 6.07) is 15.4. The van der Waals surface area contributed by atoms with Crippen molar-refractivity contribution in [3.05, 3.63) is 77.0 Å². The Morgan fingerprint density at radius 3 is 2.60 bits per heavy atom. The molecule has 1 fully saturated rings. The second-order valence-electron chi connectivity index (χ2n) is 8.43. The van der Waals surface area contributed by atoms with E-state index in [9.17, 15) is 9.59 Å². The van der Waals surface area contributed by atoms with Crippen LogP contribution in [0.2, 0.25) is 0 Å². The number of amides is 1. The largest absolute Gasteiger partial charge is 0.497 e. The second kappa shape index (κ2) is 9.49. The number of nitrogens with one attached hydrogen (secondary N) is 1. The lowest BCUT2D eigenvalue weighted by Crippen LogP contribution is -2.47. The first-order chi connectivity index (χ1) is 17.0. The third kappa shape index (κ3) is 4.54. The predicted molar refractivity (Wildman–Crippen MR) is 134 cm³/mol. The van der Waals surface area contributed by atoms with Crippen LogP contribution in [0, 0.1) is 6.92 Å². The number of fused-ring (bicyclic) bond motifs is 1. The number of carbonyl (C=O) groups is 1. The molecule has 0 atom stereocenters. The van der Waals surface area contributed by atoms with Gasteiger partial charge in [-0.2, -0.15) is 0 Å². The van der Waals surface area contributed by atoms with Crippen LogP contribution in [0.4, 0.5) is 17.2 Å². The van der Waals surface area contributed by atoms with Crippen molar-refractivity contribution in [3.8, 4) is 5.75 Å². The number of nitrogens with zero attached hydrogens (tertiary/aromatic N) is 6. The van der Waals surface area contributed by atoms with Crippen LogP contribution in [0.1, 0.15) is 5.56 Å². The number of methoxy groups -OCH3 is 1. The van der Waals surface area contributed by atoms with Crippen LogP contribution in [-0.2, 0) is 11.3 Å². The van der Waals surface area contributed by atoms with Crippen molar-refractivity contribution in [2.24, 2.45) is 0 Å². The first-order valence-electron chi connectivity index (χ1n) is 11.5. The summed E-state index contributed by atoms with van der Waals surface area (Å²) in [5.41, 5.74) is 3.12. The number of anilines is 3. The standard InChI is InChI=1S/C25H27N7O3/c1-18-6-3-4-9-21(18)29-12-14-30(15-13-29)23-24-28-32(25(34)31(24)11-10-26-23)17-22(33)27-19-7-5-8-20(16-19)35-2/h3-11,16H,12-15,17H2,1-2H3,(H,27,33). The number of piperazine rings is 1. The van der Waals surface area contributed by atoms with Crippen LogP contribution < -0.4 is 25.5 Å². The molecule has 2 aromatic heterocycles. The minimum absolute atomic E-state index is 0.210. The molecule has 1 aliphatic heterocycles. The average molecular weight is 474 g/mol. The van der Waals surface area contributed by atoms with Gasteiger partial charge in [-0.25, -0.2) is 18.9 Å². The topological polar surface area (TPSA) is 97.0 Å². The Morgan fingerprint density at radius 2 is 1.83 bits per heavy atom. The zero-order valence-electron chi connectivity index (χ0n) is 19.7. The molecule has 2 aromatic carbocycles. The number of ether oxygens (including phenoxy) is 1. The zero-order chi connectivity index (χ0) is 24.4. The highest BCUT2D eigenvalue weighted by atomic mass is 16.5. The van der Waals surface area contributed by atoms with Crippen molar-refractivity contribution in [2.75, 3.05) is 48.4 Å². The summed E-state index contributed by atoms with van der Waals surface area (Å²) < 4.78 is 7.79. The molecule has 1 N–H and O–H groups in total. The van der Waals surface area contributed by atoms with Gasteiger partial charge in [0, 0.05) is 56.0 Å². The molecule has 1 amide bonds. The Hall–Kier alpha value is -4.34. The van der Waals surface area contributed by atoms with Gasteiger partial charge < -0.3 is 19.9 Å². The molecule has 5 rings (SSSR count). The molecule has 180 valence electrons. The fourth-order valence-electron chi connectivity index (χ4n) is 4.38. The van der Waals surface area contributed by atoms with E-state index in [-0.39, 0.29) is 18.1 Å². The Balaban J connectivity index is 1.33. The zero-order valence-corrected chi connectivity index (χ0v) is 19.7. The minimum Gasteiger partial charge on any atom is -0.497 e. The van der Waals surface area contributed by atoms with Gasteiger partial charge in [-0.05, 0) is 30.7 Å². The van der Waals surface area contributed by atoms with E-state index in [2.05, 4.69) is 50.3 Å². The van der Waals surface area contributed by atoms with Crippen molar-refractivity contribution in [1.29, 1.82) is 0 Å². The van der Waals surface area contributed by atoms with Crippen LogP contribution in [-0.4, -0.2) is 58.4 Å². The van der Waals surface area contributed by atoms with E-state index in [1.54, 1.807) is 43.8 Å². The molecule has 3 heterocycles. The number of aryl methyl sites for hydroxylation is 1. The van der Waals surface area contributed by atoms with Gasteiger partial charge in [0.1, 0.15) is 12.3 Å². The molecule has 0 radical (unpaired) electrons. The summed E-state index contributed by atoms with van der Waals surface area (Å²) in [7, 11) is 1.56. The predicted octanol–water partition coefficient (Wildman–Crippen LogP) is 2.17. The summed E-state index contributed by atoms with van der Waals surface area (Å²) >= 11 is 0. The highest BCUT2D eigenvalue weighted by molar-refractivity contribution is 5.90. The van der Waals surface area contributed by atoms with E-state index in [1.165, 1.54) is 20.3 Å². The maximum Gasteiger partial charge on any atom is 0.350 e. The number of hydrogen-bond donors (Lipinski definition) is 1. The molecular weight excluding hydrogens is 446 g/mol. The third-order valence-electron chi connectivity index (χ3n) is 6.17. The number of para-hydroxylation sites is 1. The van der Waals surface area contributed by atoms with Gasteiger partial charge in [-0.15, -0.1) is 5.10 Å². The minimum atomic E-state index is -0.386. The van der Waals surface area contributed by atoms with Crippen LogP contribution in [0.3, 0.4) is 0 Å². The highest BCUT2D eigenvalue weighted by Crippen LogP contribution is 2.23. The van der Waals surface area contributed by atoms with Crippen molar-refractivity contribution >= 4 is 28.7 Å². The van der Waals surface area contributed by atoms with Crippen LogP contribution >= 0.6 is 0 Å². The number of aromatic nitrogens is 4. The monoisotopic (exact) mass is 473 g/mol. The smallest absolute Gasteiger partial charge is 0.350 e. The van der Waals surface area contributed by atoms with E-state index in [0.29, 0.717) is 22.9 Å². The molecule has 10 nitrogen and oxygen atoms in total. The highest BCUT2D eigenvalue weighted by Gasteiger charge is 2.23. The maximum absolute atomic E-state index is 12.9. The molecule has 4 aromatic rings. The lowest BCUT2D eigenvalue weighted by molar-refractivity contribution is -0.117. The molecule has 0 bridgehead atoms. The van der Waals surface area contributed by atoms with Crippen LogP contribution in [0.25, 0.3) is 5.65 Å². The Bertz CT molecular complexity index is 1420. The van der Waals surface area contributed by atoms with E-state index < -0.39 is 0 Å². The Morgan fingerprint density at radius 1 is 1.06 bits per heavy atom. The van der Waals surface area contributed by atoms with E-state index in [0.717, 1.165) is 26.2 Å². The van der Waals surface area contributed by atoms with Crippen LogP contribution in [0.15, 0.2) is 65.7 Å². The van der Waals surface area contributed by atoms with Crippen molar-refractivity contribution < 1.29 is 9.53 Å². The summed E-state index contributed by atoms with van der Waals surface area (Å²) in [6.45, 7) is 5.07. The molecule has 0 aliphatic carbocycles. The molecule has 0 saturated carbocycles. The van der Waals surface area contributed by atoms with Gasteiger partial charge in [0.25, 0.3) is 0 Å². The van der Waals surface area contributed by atoms with Gasteiger partial charge in [0.2, 0.25) is 11.6 Å². The van der Waals surface area contributed by atoms with Gasteiger partial charge in [-0.1, -0.05) is 24.3 Å². The number of carbonyl (C=O) groups excluding carboxylic acids is 1. The Kier molecular flexibility index (Phi) is 6.09. The van der Waals surface area contributed by atoms with Crippen molar-refractivity contribution in [1.82, 2.24) is 19.2 Å². The lowest BCUT2D eigenvalue weighted by Gasteiger charge is -2.37. The fourth-order valence-corrected chi connectivity index (χ4v) is 4.38. The normalized spacial score (nSPS) is 13.8. The van der Waals surface area contributed by atoms with Crippen molar-refractivity contribution in [3.63, 3.8) is 0 Å². The first kappa shape index (κ1) is 22.5. The number of benzene rings is 2. The second-order valence-corrected chi connectivity index (χ2v) is 8.43. The van der Waals surface area contributed by atoms with Crippen molar-refractivity contribution in [2.45, 2.75) is 13.5 Å². The molecule has 0 spiro atoms. The molecule has 10 heteroatoms. The van der Waals surface area contributed by atoms with E-state index in [1.807, 2.05) is 6.07 Å². The average Bonchev–Trinajstić information content (AvgIpc) is 3.19. The summed E-state index contributed by atoms with van der Waals surface area (Å²) in [5.74, 6) is 0.914. The SMILES string of the molecule is COc1cccc(NC(=O)Cn2nc3c(N4CCN(c5ccccc5C)CC4)nccn3c2=O)c1. The van der Waals surface area contributed by atoms with E-state index in [4.69, 9.17) is 4.74 Å². The van der Waals surface area contributed by atoms with Gasteiger partial charge in [-0.3, -0.25) is 4.79 Å². The lowest BCUT2D eigenvalue weighted by atomic mass is 10.1. The molecule has 1 aliphatic rings. The van der Waals surface area contributed by atoms with Gasteiger partial charge in [0.15, 0.2) is 5.82 Å². The summed E-state index contributed by atoms with van der Waals surface area (Å²) in [4.78, 5) is 34.6.